The van der Waals surface area contributed by atoms with Crippen LogP contribution in [-0.4, -0.2) is 16.7 Å². The molecule has 0 radical (unpaired) electrons. The molecule has 108 valence electrons. The number of rotatable bonds is 7. The lowest BCUT2D eigenvalue weighted by molar-refractivity contribution is 0.273. The first-order valence-corrected chi connectivity index (χ1v) is 7.22. The second-order valence-electron chi connectivity index (χ2n) is 6.02. The molecule has 0 aliphatic heterocycles. The standard InChI is InChI=1S/C16H27NO2/c1-5-6-7-8-9-19-15-11-13(12-18)10-14(17-15)16(2,3)4/h10-11,18H,5-9,12H2,1-4H3. The summed E-state index contributed by atoms with van der Waals surface area (Å²) in [5.74, 6) is 0.632. The maximum Gasteiger partial charge on any atom is 0.213 e. The Labute approximate surface area is 117 Å². The first kappa shape index (κ1) is 16.0. The molecule has 1 N–H and O–H groups in total. The largest absolute Gasteiger partial charge is 0.478 e. The van der Waals surface area contributed by atoms with Gasteiger partial charge in [0.25, 0.3) is 0 Å². The molecule has 0 aliphatic rings. The van der Waals surface area contributed by atoms with Gasteiger partial charge in [-0.15, -0.1) is 0 Å². The molecule has 0 unspecified atom stereocenters. The van der Waals surface area contributed by atoms with E-state index in [1.54, 1.807) is 0 Å². The van der Waals surface area contributed by atoms with Gasteiger partial charge in [0, 0.05) is 11.5 Å². The van der Waals surface area contributed by atoms with Crippen molar-refractivity contribution in [1.29, 1.82) is 0 Å². The van der Waals surface area contributed by atoms with E-state index in [4.69, 9.17) is 4.74 Å². The van der Waals surface area contributed by atoms with Crippen LogP contribution in [0.5, 0.6) is 5.88 Å². The second kappa shape index (κ2) is 7.49. The minimum atomic E-state index is -0.0362. The van der Waals surface area contributed by atoms with Crippen molar-refractivity contribution >= 4 is 0 Å². The molecule has 0 fully saturated rings. The van der Waals surface area contributed by atoms with E-state index < -0.39 is 0 Å². The van der Waals surface area contributed by atoms with Crippen LogP contribution in [0.25, 0.3) is 0 Å². The third-order valence-corrected chi connectivity index (χ3v) is 3.06. The van der Waals surface area contributed by atoms with Crippen molar-refractivity contribution in [2.45, 2.75) is 65.4 Å². The Bertz CT molecular complexity index is 383. The van der Waals surface area contributed by atoms with E-state index >= 15 is 0 Å². The molecular formula is C16H27NO2. The van der Waals surface area contributed by atoms with Crippen LogP contribution in [0.2, 0.25) is 0 Å². The molecule has 3 nitrogen and oxygen atoms in total. The van der Waals surface area contributed by atoms with Crippen molar-refractivity contribution < 1.29 is 9.84 Å². The molecule has 3 heteroatoms. The van der Waals surface area contributed by atoms with Gasteiger partial charge in [0.05, 0.1) is 18.9 Å². The van der Waals surface area contributed by atoms with Crippen LogP contribution in [-0.2, 0) is 12.0 Å². The normalized spacial score (nSPS) is 11.6. The number of hydrogen-bond acceptors (Lipinski definition) is 3. The predicted molar refractivity (Wildman–Crippen MR) is 78.5 cm³/mol. The van der Waals surface area contributed by atoms with E-state index in [2.05, 4.69) is 32.7 Å². The van der Waals surface area contributed by atoms with Gasteiger partial charge in [0.15, 0.2) is 0 Å². The molecule has 1 heterocycles. The molecule has 0 aliphatic carbocycles. The Hall–Kier alpha value is -1.09. The summed E-state index contributed by atoms with van der Waals surface area (Å²) in [6, 6.07) is 3.78. The Balaban J connectivity index is 2.67. The molecule has 0 spiro atoms. The summed E-state index contributed by atoms with van der Waals surface area (Å²) >= 11 is 0. The Kier molecular flexibility index (Phi) is 6.29. The van der Waals surface area contributed by atoms with E-state index in [1.807, 2.05) is 12.1 Å². The van der Waals surface area contributed by atoms with E-state index in [0.717, 1.165) is 17.7 Å². The van der Waals surface area contributed by atoms with Gasteiger partial charge in [-0.1, -0.05) is 47.0 Å². The second-order valence-corrected chi connectivity index (χ2v) is 6.02. The number of pyridine rings is 1. The zero-order valence-corrected chi connectivity index (χ0v) is 12.7. The van der Waals surface area contributed by atoms with Gasteiger partial charge in [-0.25, -0.2) is 4.98 Å². The topological polar surface area (TPSA) is 42.4 Å². The smallest absolute Gasteiger partial charge is 0.213 e. The highest BCUT2D eigenvalue weighted by Gasteiger charge is 2.17. The first-order chi connectivity index (χ1) is 8.97. The number of unbranched alkanes of at least 4 members (excludes halogenated alkanes) is 3. The van der Waals surface area contributed by atoms with Gasteiger partial charge in [-0.05, 0) is 18.1 Å². The fourth-order valence-electron chi connectivity index (χ4n) is 1.81. The van der Waals surface area contributed by atoms with E-state index in [-0.39, 0.29) is 12.0 Å². The number of aliphatic hydroxyl groups excluding tert-OH is 1. The SMILES string of the molecule is CCCCCCOc1cc(CO)cc(C(C)(C)C)n1. The van der Waals surface area contributed by atoms with E-state index in [0.29, 0.717) is 12.5 Å². The van der Waals surface area contributed by atoms with Gasteiger partial charge >= 0.3 is 0 Å². The summed E-state index contributed by atoms with van der Waals surface area (Å²) < 4.78 is 5.71. The monoisotopic (exact) mass is 265 g/mol. The van der Waals surface area contributed by atoms with E-state index in [1.165, 1.54) is 19.3 Å². The number of nitrogens with zero attached hydrogens (tertiary/aromatic N) is 1. The zero-order valence-electron chi connectivity index (χ0n) is 12.7. The quantitative estimate of drug-likeness (QED) is 0.762. The van der Waals surface area contributed by atoms with Crippen LogP contribution in [0, 0.1) is 0 Å². The summed E-state index contributed by atoms with van der Waals surface area (Å²) in [6.45, 7) is 9.26. The minimum Gasteiger partial charge on any atom is -0.478 e. The number of aliphatic hydroxyl groups is 1. The van der Waals surface area contributed by atoms with Crippen molar-refractivity contribution in [3.05, 3.63) is 23.4 Å². The molecule has 0 saturated carbocycles. The molecule has 0 atom stereocenters. The number of aromatic nitrogens is 1. The molecule has 1 aromatic rings. The fraction of sp³-hybridized carbons (Fsp3) is 0.688. The van der Waals surface area contributed by atoms with Gasteiger partial charge in [-0.3, -0.25) is 0 Å². The summed E-state index contributed by atoms with van der Waals surface area (Å²) in [4.78, 5) is 4.54. The highest BCUT2D eigenvalue weighted by Crippen LogP contribution is 2.24. The molecule has 0 aromatic carbocycles. The molecular weight excluding hydrogens is 238 g/mol. The molecule has 19 heavy (non-hydrogen) atoms. The van der Waals surface area contributed by atoms with Gasteiger partial charge in [0.2, 0.25) is 5.88 Å². The van der Waals surface area contributed by atoms with Crippen LogP contribution in [0.3, 0.4) is 0 Å². The lowest BCUT2D eigenvalue weighted by Gasteiger charge is -2.19. The Morgan fingerprint density at radius 2 is 1.89 bits per heavy atom. The maximum absolute atomic E-state index is 9.31. The highest BCUT2D eigenvalue weighted by molar-refractivity contribution is 5.28. The van der Waals surface area contributed by atoms with Crippen LogP contribution < -0.4 is 4.74 Å². The zero-order chi connectivity index (χ0) is 14.3. The fourth-order valence-corrected chi connectivity index (χ4v) is 1.81. The molecule has 0 amide bonds. The average molecular weight is 265 g/mol. The first-order valence-electron chi connectivity index (χ1n) is 7.22. The maximum atomic E-state index is 9.31. The van der Waals surface area contributed by atoms with Crippen molar-refractivity contribution in [2.75, 3.05) is 6.61 Å². The predicted octanol–water partition coefficient (Wildman–Crippen LogP) is 3.83. The van der Waals surface area contributed by atoms with Crippen LogP contribution in [0.1, 0.15) is 64.6 Å². The number of hydrogen-bond donors (Lipinski definition) is 1. The van der Waals surface area contributed by atoms with E-state index in [9.17, 15) is 5.11 Å². The summed E-state index contributed by atoms with van der Waals surface area (Å²) in [7, 11) is 0. The minimum absolute atomic E-state index is 0.0256. The molecule has 1 rings (SSSR count). The molecule has 0 bridgehead atoms. The molecule has 1 aromatic heterocycles. The summed E-state index contributed by atoms with van der Waals surface area (Å²) in [5, 5.41) is 9.31. The van der Waals surface area contributed by atoms with Gasteiger partial charge < -0.3 is 9.84 Å². The Morgan fingerprint density at radius 1 is 1.16 bits per heavy atom. The van der Waals surface area contributed by atoms with Crippen molar-refractivity contribution in [2.24, 2.45) is 0 Å². The third kappa shape index (κ3) is 5.60. The van der Waals surface area contributed by atoms with Crippen molar-refractivity contribution in [3.63, 3.8) is 0 Å². The summed E-state index contributed by atoms with van der Waals surface area (Å²) in [6.07, 6.45) is 4.74. The highest BCUT2D eigenvalue weighted by atomic mass is 16.5. The Morgan fingerprint density at radius 3 is 2.47 bits per heavy atom. The third-order valence-electron chi connectivity index (χ3n) is 3.06. The lowest BCUT2D eigenvalue weighted by Crippen LogP contribution is -2.15. The van der Waals surface area contributed by atoms with Crippen LogP contribution in [0.4, 0.5) is 0 Å². The summed E-state index contributed by atoms with van der Waals surface area (Å²) in [5.41, 5.74) is 1.79. The van der Waals surface area contributed by atoms with Crippen LogP contribution >= 0.6 is 0 Å². The average Bonchev–Trinajstić information content (AvgIpc) is 2.37. The van der Waals surface area contributed by atoms with Gasteiger partial charge in [0.1, 0.15) is 0 Å². The van der Waals surface area contributed by atoms with Crippen LogP contribution in [0.15, 0.2) is 12.1 Å². The molecule has 0 saturated heterocycles. The van der Waals surface area contributed by atoms with Crippen molar-refractivity contribution in [1.82, 2.24) is 4.98 Å². The van der Waals surface area contributed by atoms with Crippen molar-refractivity contribution in [3.8, 4) is 5.88 Å². The van der Waals surface area contributed by atoms with Gasteiger partial charge in [-0.2, -0.15) is 0 Å². The number of ether oxygens (including phenoxy) is 1. The lowest BCUT2D eigenvalue weighted by atomic mass is 9.91.